The van der Waals surface area contributed by atoms with Gasteiger partial charge in [0.05, 0.1) is 0 Å². The first-order valence-electron chi connectivity index (χ1n) is 12.1. The van der Waals surface area contributed by atoms with Crippen LogP contribution >= 0.6 is 0 Å². The molecule has 0 unspecified atom stereocenters. The van der Waals surface area contributed by atoms with Gasteiger partial charge in [0.15, 0.2) is 0 Å². The lowest BCUT2D eigenvalue weighted by Gasteiger charge is -2.23. The van der Waals surface area contributed by atoms with E-state index in [0.29, 0.717) is 5.69 Å². The molecule has 0 saturated carbocycles. The van der Waals surface area contributed by atoms with Gasteiger partial charge in [-0.05, 0) is 36.4 Å². The average Bonchev–Trinajstić information content (AvgIpc) is 3.28. The van der Waals surface area contributed by atoms with E-state index in [9.17, 15) is 9.59 Å². The van der Waals surface area contributed by atoms with Crippen molar-refractivity contribution in [2.75, 3.05) is 13.1 Å². The number of rotatable bonds is 12. The summed E-state index contributed by atoms with van der Waals surface area (Å²) in [4.78, 5) is 29.7. The third-order valence-electron chi connectivity index (χ3n) is 5.81. The molecular weight excluding hydrogens is 412 g/mol. The first-order valence-corrected chi connectivity index (χ1v) is 12.1. The van der Waals surface area contributed by atoms with Gasteiger partial charge in [-0.25, -0.2) is 0 Å². The molecule has 0 bridgehead atoms. The molecule has 1 aromatic heterocycles. The molecular formula is C27H36N4O2. The third-order valence-corrected chi connectivity index (χ3v) is 5.81. The molecule has 2 aromatic rings. The van der Waals surface area contributed by atoms with Crippen molar-refractivity contribution in [2.24, 2.45) is 0 Å². The van der Waals surface area contributed by atoms with Crippen molar-refractivity contribution in [1.82, 2.24) is 20.7 Å². The Balaban J connectivity index is 1.33. The molecule has 2 amide bonds. The summed E-state index contributed by atoms with van der Waals surface area (Å²) in [6.07, 6.45) is 19.9. The van der Waals surface area contributed by atoms with E-state index in [0.717, 1.165) is 29.6 Å². The number of H-pyrrole nitrogens is 1. The average molecular weight is 449 g/mol. The van der Waals surface area contributed by atoms with E-state index >= 15 is 0 Å². The van der Waals surface area contributed by atoms with Crippen LogP contribution in [-0.4, -0.2) is 34.8 Å². The number of aromatic amines is 1. The largest absolute Gasteiger partial charge is 0.373 e. The molecule has 33 heavy (non-hydrogen) atoms. The zero-order valence-electron chi connectivity index (χ0n) is 19.6. The number of carbonyl (C=O) groups excluding carboxylic acids is 2. The molecule has 3 rings (SSSR count). The normalized spacial score (nSPS) is 13.5. The number of carbonyl (C=O) groups is 2. The van der Waals surface area contributed by atoms with E-state index in [1.165, 1.54) is 57.4 Å². The van der Waals surface area contributed by atoms with Gasteiger partial charge in [-0.15, -0.1) is 0 Å². The van der Waals surface area contributed by atoms with Gasteiger partial charge < -0.3 is 9.88 Å². The van der Waals surface area contributed by atoms with Crippen LogP contribution in [0.5, 0.6) is 0 Å². The van der Waals surface area contributed by atoms with Crippen LogP contribution in [0.15, 0.2) is 66.4 Å². The van der Waals surface area contributed by atoms with Crippen LogP contribution in [0.25, 0.3) is 10.9 Å². The smallest absolute Gasteiger partial charge is 0.286 e. The zero-order valence-corrected chi connectivity index (χ0v) is 19.6. The summed E-state index contributed by atoms with van der Waals surface area (Å²) in [7, 11) is 0. The molecule has 0 spiro atoms. The topological polar surface area (TPSA) is 77.2 Å². The highest BCUT2D eigenvalue weighted by molar-refractivity contribution is 5.99. The van der Waals surface area contributed by atoms with Crippen LogP contribution in [0.2, 0.25) is 0 Å². The van der Waals surface area contributed by atoms with Gasteiger partial charge in [-0.2, -0.15) is 0 Å². The second-order valence-corrected chi connectivity index (χ2v) is 8.58. The van der Waals surface area contributed by atoms with E-state index in [-0.39, 0.29) is 11.8 Å². The van der Waals surface area contributed by atoms with Crippen molar-refractivity contribution in [3.05, 3.63) is 72.1 Å². The minimum absolute atomic E-state index is 0.371. The van der Waals surface area contributed by atoms with Crippen LogP contribution in [0.4, 0.5) is 0 Å². The van der Waals surface area contributed by atoms with Gasteiger partial charge in [0.2, 0.25) is 0 Å². The van der Waals surface area contributed by atoms with Crippen molar-refractivity contribution in [2.45, 2.75) is 58.3 Å². The zero-order chi connectivity index (χ0) is 23.3. The number of hydrazine groups is 1. The lowest BCUT2D eigenvalue weighted by Crippen LogP contribution is -2.41. The number of para-hydroxylation sites is 1. The summed E-state index contributed by atoms with van der Waals surface area (Å²) in [5.74, 6) is -0.756. The summed E-state index contributed by atoms with van der Waals surface area (Å²) in [6, 6.07) is 9.40. The highest BCUT2D eigenvalue weighted by Gasteiger charge is 2.10. The van der Waals surface area contributed by atoms with Gasteiger partial charge in [-0.1, -0.05) is 82.2 Å². The molecule has 0 saturated heterocycles. The number of nitrogens with zero attached hydrogens (tertiary/aromatic N) is 1. The quantitative estimate of drug-likeness (QED) is 0.232. The van der Waals surface area contributed by atoms with E-state index in [2.05, 4.69) is 33.9 Å². The fourth-order valence-electron chi connectivity index (χ4n) is 3.94. The van der Waals surface area contributed by atoms with E-state index in [1.807, 2.05) is 36.4 Å². The van der Waals surface area contributed by atoms with E-state index in [4.69, 9.17) is 0 Å². The van der Waals surface area contributed by atoms with Crippen molar-refractivity contribution >= 4 is 22.7 Å². The van der Waals surface area contributed by atoms with Gasteiger partial charge >= 0.3 is 0 Å². The van der Waals surface area contributed by atoms with Crippen molar-refractivity contribution < 1.29 is 9.59 Å². The molecule has 176 valence electrons. The summed E-state index contributed by atoms with van der Waals surface area (Å²) < 4.78 is 0. The molecule has 2 heterocycles. The van der Waals surface area contributed by atoms with Gasteiger partial charge in [0, 0.05) is 30.1 Å². The second-order valence-electron chi connectivity index (χ2n) is 8.58. The minimum Gasteiger partial charge on any atom is -0.373 e. The van der Waals surface area contributed by atoms with Crippen LogP contribution in [0, 0.1) is 0 Å². The number of hydrogen-bond acceptors (Lipinski definition) is 3. The Labute approximate surface area is 196 Å². The molecule has 0 aliphatic carbocycles. The number of hydrogen-bond donors (Lipinski definition) is 3. The summed E-state index contributed by atoms with van der Waals surface area (Å²) in [6.45, 7) is 4.07. The number of nitrogens with one attached hydrogen (secondary N) is 3. The number of benzene rings is 1. The Morgan fingerprint density at radius 1 is 1.03 bits per heavy atom. The summed E-state index contributed by atoms with van der Waals surface area (Å²) >= 11 is 0. The minimum atomic E-state index is -0.385. The molecule has 1 aliphatic rings. The van der Waals surface area contributed by atoms with Crippen LogP contribution < -0.4 is 10.9 Å². The van der Waals surface area contributed by atoms with Crippen molar-refractivity contribution in [3.8, 4) is 0 Å². The van der Waals surface area contributed by atoms with Gasteiger partial charge in [-0.3, -0.25) is 20.4 Å². The van der Waals surface area contributed by atoms with Gasteiger partial charge in [0.25, 0.3) is 11.8 Å². The SMILES string of the molecule is CCCCCCCCCCN1C=CC=C(/C=C/C(=O)NNC(=O)c2cc3ccccc3[nH]2)C1. The lowest BCUT2D eigenvalue weighted by molar-refractivity contribution is -0.117. The Bertz CT molecular complexity index is 969. The second kappa shape index (κ2) is 13.3. The molecule has 6 nitrogen and oxygen atoms in total. The number of fused-ring (bicyclic) bond motifs is 1. The highest BCUT2D eigenvalue weighted by atomic mass is 16.2. The van der Waals surface area contributed by atoms with Crippen LogP contribution in [0.1, 0.15) is 68.8 Å². The third kappa shape index (κ3) is 8.29. The molecule has 1 aromatic carbocycles. The van der Waals surface area contributed by atoms with Crippen molar-refractivity contribution in [3.63, 3.8) is 0 Å². The monoisotopic (exact) mass is 448 g/mol. The number of aromatic nitrogens is 1. The molecule has 1 aliphatic heterocycles. The maximum Gasteiger partial charge on any atom is 0.286 e. The molecule has 0 fully saturated rings. The molecule has 0 atom stereocenters. The standard InChI is InChI=1S/C27H36N4O2/c1-2-3-4-5-6-7-8-11-18-31-19-12-13-22(21-31)16-17-26(32)29-30-27(33)25-20-23-14-9-10-15-24(23)28-25/h9-10,12-17,19-20,28H,2-8,11,18,21H2,1H3,(H,29,32)(H,30,33)/b17-16+. The fourth-order valence-corrected chi connectivity index (χ4v) is 3.94. The van der Waals surface area contributed by atoms with E-state index in [1.54, 1.807) is 12.1 Å². The number of allylic oxidation sites excluding steroid dienone is 2. The Morgan fingerprint density at radius 2 is 1.79 bits per heavy atom. The highest BCUT2D eigenvalue weighted by Crippen LogP contribution is 2.14. The van der Waals surface area contributed by atoms with Crippen LogP contribution in [-0.2, 0) is 4.79 Å². The molecule has 3 N–H and O–H groups in total. The Hall–Kier alpha value is -3.28. The number of amides is 2. The van der Waals surface area contributed by atoms with Crippen molar-refractivity contribution in [1.29, 1.82) is 0 Å². The first kappa shape index (κ1) is 24.4. The molecule has 6 heteroatoms. The lowest BCUT2D eigenvalue weighted by atomic mass is 10.1. The van der Waals surface area contributed by atoms with Gasteiger partial charge in [0.1, 0.15) is 5.69 Å². The maximum absolute atomic E-state index is 12.3. The first-order chi connectivity index (χ1) is 16.2. The predicted octanol–water partition coefficient (Wildman–Crippen LogP) is 5.38. The Morgan fingerprint density at radius 3 is 2.58 bits per heavy atom. The summed E-state index contributed by atoms with van der Waals surface area (Å²) in [5.41, 5.74) is 7.23. The Kier molecular flexibility index (Phi) is 9.83. The summed E-state index contributed by atoms with van der Waals surface area (Å²) in [5, 5.41) is 0.947. The molecule has 0 radical (unpaired) electrons. The predicted molar refractivity (Wildman–Crippen MR) is 134 cm³/mol. The van der Waals surface area contributed by atoms with Crippen LogP contribution in [0.3, 0.4) is 0 Å². The number of unbranched alkanes of at least 4 members (excludes halogenated alkanes) is 7. The van der Waals surface area contributed by atoms with E-state index < -0.39 is 0 Å². The fraction of sp³-hybridized carbons (Fsp3) is 0.407. The maximum atomic E-state index is 12.3.